The topological polar surface area (TPSA) is 90.3 Å². The first-order valence-electron chi connectivity index (χ1n) is 11.3. The van der Waals surface area contributed by atoms with Gasteiger partial charge in [-0.05, 0) is 55.6 Å². The van der Waals surface area contributed by atoms with E-state index in [0.717, 1.165) is 36.5 Å². The van der Waals surface area contributed by atoms with Gasteiger partial charge in [0.15, 0.2) is 0 Å². The van der Waals surface area contributed by atoms with Crippen LogP contribution in [0, 0.1) is 23.7 Å². The van der Waals surface area contributed by atoms with Crippen molar-refractivity contribution in [2.24, 2.45) is 23.7 Å². The Morgan fingerprint density at radius 1 is 1.32 bits per heavy atom. The number of aliphatic hydroxyl groups is 2. The summed E-state index contributed by atoms with van der Waals surface area (Å²) in [5.41, 5.74) is 0.236. The van der Waals surface area contributed by atoms with Gasteiger partial charge in [-0.1, -0.05) is 62.8 Å². The molecule has 1 heterocycles. The minimum Gasteiger partial charge on any atom is -0.478 e. The Labute approximate surface area is 185 Å². The van der Waals surface area contributed by atoms with Crippen LogP contribution in [0.1, 0.15) is 47.0 Å². The molecule has 0 amide bonds. The summed E-state index contributed by atoms with van der Waals surface area (Å²) >= 11 is 0. The molecule has 3 N–H and O–H groups in total. The van der Waals surface area contributed by atoms with E-state index >= 15 is 0 Å². The third kappa shape index (κ3) is 4.36. The van der Waals surface area contributed by atoms with Crippen LogP contribution in [0.25, 0.3) is 0 Å². The summed E-state index contributed by atoms with van der Waals surface area (Å²) in [7, 11) is 0. The summed E-state index contributed by atoms with van der Waals surface area (Å²) in [5.74, 6) is -0.296. The van der Waals surface area contributed by atoms with E-state index in [2.05, 4.69) is 32.1 Å². The van der Waals surface area contributed by atoms with Crippen molar-refractivity contribution in [1.82, 2.24) is 0 Å². The van der Waals surface area contributed by atoms with Crippen LogP contribution in [0.2, 0.25) is 0 Å². The van der Waals surface area contributed by atoms with Gasteiger partial charge in [-0.15, -0.1) is 0 Å². The highest BCUT2D eigenvalue weighted by Gasteiger charge is 2.70. The fraction of sp³-hybridized carbons (Fsp3) is 0.577. The van der Waals surface area contributed by atoms with Crippen LogP contribution in [0.15, 0.2) is 59.8 Å². The zero-order valence-electron chi connectivity index (χ0n) is 19.0. The van der Waals surface area contributed by atoms with Gasteiger partial charge in [-0.25, -0.2) is 4.79 Å². The van der Waals surface area contributed by atoms with Crippen molar-refractivity contribution in [3.8, 4) is 0 Å². The molecule has 0 saturated carbocycles. The number of carboxylic acids is 1. The van der Waals surface area contributed by atoms with E-state index in [1.54, 1.807) is 12.2 Å². The number of aliphatic hydroxyl groups excluding tert-OH is 1. The molecule has 0 aromatic rings. The van der Waals surface area contributed by atoms with Crippen molar-refractivity contribution in [3.05, 3.63) is 59.8 Å². The average molecular weight is 429 g/mol. The molecule has 3 rings (SSSR count). The Morgan fingerprint density at radius 2 is 2.03 bits per heavy atom. The molecule has 0 aromatic carbocycles. The highest BCUT2D eigenvalue weighted by Crippen LogP contribution is 2.60. The first-order valence-corrected chi connectivity index (χ1v) is 11.3. The van der Waals surface area contributed by atoms with E-state index in [-0.39, 0.29) is 30.5 Å². The third-order valence-electron chi connectivity index (χ3n) is 7.60. The van der Waals surface area contributed by atoms with Crippen molar-refractivity contribution in [2.75, 3.05) is 6.61 Å². The van der Waals surface area contributed by atoms with Gasteiger partial charge in [0.25, 0.3) is 0 Å². The summed E-state index contributed by atoms with van der Waals surface area (Å²) < 4.78 is 6.22. The van der Waals surface area contributed by atoms with Crippen molar-refractivity contribution >= 4 is 5.97 Å². The summed E-state index contributed by atoms with van der Waals surface area (Å²) in [6, 6.07) is 0. The number of ether oxygens (including phenoxy) is 1. The number of aliphatic carboxylic acids is 1. The molecule has 5 nitrogen and oxygen atoms in total. The van der Waals surface area contributed by atoms with Crippen LogP contribution in [-0.4, -0.2) is 45.2 Å². The Morgan fingerprint density at radius 3 is 2.68 bits per heavy atom. The van der Waals surface area contributed by atoms with E-state index in [4.69, 9.17) is 9.84 Å². The molecule has 7 atom stereocenters. The zero-order valence-corrected chi connectivity index (χ0v) is 19.0. The standard InChI is InChI=1S/C26H36O5/c1-5-17(2)24-25(4,31-24)26(30)18(3)14-20-15-19(16-27)12-13-21(20)22(26)10-8-6-7-9-11-23(28)29/h6-12,14,17,20-22,24,27,30H,5,13,15-16H2,1-4H3,(H,28,29)/b7-6+,10-8+,11-9+/t17-,20-,21-,22+,24-,25+,26+/m1/s1. The lowest BCUT2D eigenvalue weighted by molar-refractivity contribution is -0.131. The number of carboxylic acid groups (broad SMARTS) is 1. The SMILES string of the molecule is CC[C@@H](C)[C@H]1O[C@]1(C)[C@]1(O)C(C)=C[C@@H]2CC(CO)=CC[C@H]2[C@@H]1/C=C/C=C/C=C/C(=O)O. The molecule has 2 aliphatic carbocycles. The fourth-order valence-corrected chi connectivity index (χ4v) is 5.62. The van der Waals surface area contributed by atoms with Crippen LogP contribution in [0.4, 0.5) is 0 Å². The second-order valence-electron chi connectivity index (χ2n) is 9.43. The van der Waals surface area contributed by atoms with E-state index in [1.165, 1.54) is 6.08 Å². The highest BCUT2D eigenvalue weighted by molar-refractivity contribution is 5.80. The van der Waals surface area contributed by atoms with Gasteiger partial charge in [-0.2, -0.15) is 0 Å². The maximum atomic E-state index is 12.2. The predicted octanol–water partition coefficient (Wildman–Crippen LogP) is 4.20. The Bertz CT molecular complexity index is 835. The molecule has 3 aliphatic rings. The lowest BCUT2D eigenvalue weighted by Gasteiger charge is -2.50. The lowest BCUT2D eigenvalue weighted by Crippen LogP contribution is -2.57. The molecule has 5 heteroatoms. The van der Waals surface area contributed by atoms with Gasteiger partial charge in [0.2, 0.25) is 0 Å². The van der Waals surface area contributed by atoms with Gasteiger partial charge in [-0.3, -0.25) is 0 Å². The summed E-state index contributed by atoms with van der Waals surface area (Å²) in [6.07, 6.45) is 16.9. The zero-order chi connectivity index (χ0) is 22.8. The third-order valence-corrected chi connectivity index (χ3v) is 7.60. The fourth-order valence-electron chi connectivity index (χ4n) is 5.62. The molecule has 31 heavy (non-hydrogen) atoms. The number of carbonyl (C=O) groups is 1. The first kappa shape index (κ1) is 23.7. The Kier molecular flexibility index (Phi) is 7.09. The summed E-state index contributed by atoms with van der Waals surface area (Å²) in [5, 5.41) is 30.5. The molecule has 1 aliphatic heterocycles. The molecule has 0 spiro atoms. The number of allylic oxidation sites excluding steroid dienone is 6. The van der Waals surface area contributed by atoms with Gasteiger partial charge in [0.05, 0.1) is 12.7 Å². The number of hydrogen-bond acceptors (Lipinski definition) is 4. The molecule has 0 unspecified atom stereocenters. The van der Waals surface area contributed by atoms with Gasteiger partial charge in [0.1, 0.15) is 11.2 Å². The van der Waals surface area contributed by atoms with Crippen LogP contribution >= 0.6 is 0 Å². The predicted molar refractivity (Wildman–Crippen MR) is 121 cm³/mol. The number of fused-ring (bicyclic) bond motifs is 1. The van der Waals surface area contributed by atoms with Crippen molar-refractivity contribution in [2.45, 2.75) is 64.3 Å². The normalized spacial score (nSPS) is 38.9. The van der Waals surface area contributed by atoms with E-state index in [9.17, 15) is 15.0 Å². The van der Waals surface area contributed by atoms with Crippen LogP contribution in [0.5, 0.6) is 0 Å². The quantitative estimate of drug-likeness (QED) is 0.233. The maximum Gasteiger partial charge on any atom is 0.328 e. The molecule has 0 aromatic heterocycles. The summed E-state index contributed by atoms with van der Waals surface area (Å²) in [6.45, 7) is 8.43. The molecular formula is C26H36O5. The lowest BCUT2D eigenvalue weighted by atomic mass is 9.56. The van der Waals surface area contributed by atoms with Crippen LogP contribution in [0.3, 0.4) is 0 Å². The van der Waals surface area contributed by atoms with Crippen LogP contribution in [-0.2, 0) is 9.53 Å². The number of epoxide rings is 1. The van der Waals surface area contributed by atoms with Crippen LogP contribution < -0.4 is 0 Å². The molecule has 1 saturated heterocycles. The number of hydrogen-bond donors (Lipinski definition) is 3. The molecule has 170 valence electrons. The summed E-state index contributed by atoms with van der Waals surface area (Å²) in [4.78, 5) is 10.6. The van der Waals surface area contributed by atoms with Crippen molar-refractivity contribution in [3.63, 3.8) is 0 Å². The molecule has 0 radical (unpaired) electrons. The smallest absolute Gasteiger partial charge is 0.328 e. The molecule has 0 bridgehead atoms. The average Bonchev–Trinajstić information content (AvgIpc) is 3.45. The second-order valence-corrected chi connectivity index (χ2v) is 9.43. The van der Waals surface area contributed by atoms with Gasteiger partial charge < -0.3 is 20.1 Å². The van der Waals surface area contributed by atoms with E-state index < -0.39 is 17.2 Å². The maximum absolute atomic E-state index is 12.2. The minimum atomic E-state index is -1.12. The molecular weight excluding hydrogens is 392 g/mol. The molecule has 1 fully saturated rings. The Balaban J connectivity index is 1.95. The first-order chi connectivity index (χ1) is 14.7. The number of rotatable bonds is 8. The van der Waals surface area contributed by atoms with Crippen molar-refractivity contribution < 1.29 is 24.9 Å². The van der Waals surface area contributed by atoms with E-state index in [0.29, 0.717) is 5.92 Å². The second kappa shape index (κ2) is 9.27. The van der Waals surface area contributed by atoms with Gasteiger partial charge in [0, 0.05) is 12.0 Å². The highest BCUT2D eigenvalue weighted by atomic mass is 16.6. The minimum absolute atomic E-state index is 0.0134. The van der Waals surface area contributed by atoms with E-state index in [1.807, 2.05) is 19.9 Å². The van der Waals surface area contributed by atoms with Crippen molar-refractivity contribution in [1.29, 1.82) is 0 Å². The Hall–Kier alpha value is -1.95. The largest absolute Gasteiger partial charge is 0.478 e. The van der Waals surface area contributed by atoms with Gasteiger partial charge >= 0.3 is 5.97 Å². The monoisotopic (exact) mass is 428 g/mol.